The molecule has 1 radical (unpaired) electrons. The molecule has 0 aliphatic rings. The molecule has 0 aliphatic heterocycles. The van der Waals surface area contributed by atoms with E-state index in [-0.39, 0.29) is 37.8 Å². The number of pyridine rings is 1. The minimum absolute atomic E-state index is 0. The second kappa shape index (κ2) is 17.5. The molecule has 0 aliphatic carbocycles. The number of aromatic nitrogens is 3. The summed E-state index contributed by atoms with van der Waals surface area (Å²) in [5, 5.41) is 5.51. The van der Waals surface area contributed by atoms with Crippen LogP contribution in [0, 0.1) is 17.9 Å². The van der Waals surface area contributed by atoms with Crippen molar-refractivity contribution >= 4 is 68.2 Å². The van der Waals surface area contributed by atoms with Gasteiger partial charge in [-0.15, -0.1) is 48.0 Å². The Kier molecular flexibility index (Phi) is 11.8. The number of halogens is 1. The predicted octanol–water partition coefficient (Wildman–Crippen LogP) is 15.4. The molecule has 325 valence electrons. The molecule has 0 spiro atoms. The maximum Gasteiger partial charge on any atom is 0.136 e. The first-order valence-corrected chi connectivity index (χ1v) is 25.5. The number of fused-ring (bicyclic) bond motifs is 7. The van der Waals surface area contributed by atoms with Gasteiger partial charge < -0.3 is 18.4 Å². The van der Waals surface area contributed by atoms with Gasteiger partial charge >= 0.3 is 0 Å². The smallest absolute Gasteiger partial charge is 0.136 e. The fourth-order valence-electron chi connectivity index (χ4n) is 8.77. The summed E-state index contributed by atoms with van der Waals surface area (Å²) in [5.41, 5.74) is 14.1. The average Bonchev–Trinajstić information content (AvgIpc) is 3.99. The van der Waals surface area contributed by atoms with Crippen LogP contribution in [0.5, 0.6) is 0 Å². The van der Waals surface area contributed by atoms with E-state index in [1.54, 1.807) is 6.07 Å². The molecule has 0 saturated heterocycles. The van der Waals surface area contributed by atoms with E-state index in [1.807, 2.05) is 30.5 Å². The molecule has 0 atom stereocenters. The van der Waals surface area contributed by atoms with Crippen molar-refractivity contribution in [3.05, 3.63) is 181 Å². The summed E-state index contributed by atoms with van der Waals surface area (Å²) in [7, 11) is -1.34. The fraction of sp³-hybridized carbons (Fsp3) is 0.158. The van der Waals surface area contributed by atoms with Gasteiger partial charge in [-0.3, -0.25) is 9.37 Å². The average molecular weight is 1050 g/mol. The molecular formula is C57H48FIrN3O2Si-2. The zero-order valence-electron chi connectivity index (χ0n) is 37.5. The zero-order valence-corrected chi connectivity index (χ0v) is 40.9. The molecule has 5 nitrogen and oxygen atoms in total. The summed E-state index contributed by atoms with van der Waals surface area (Å²) in [6, 6.07) is 55.4. The quantitative estimate of drug-likeness (QED) is 0.118. The standard InChI is InChI=1S/C43H33N2O2.C14H15FNSi.Ir/c1-25(2)32-21-28(27-13-6-5-7-14-27)22-33(26(3)4)41(32)45-37-19-10-9-18-36(37)44-43(45)31-17-12-16-30-35-24-39-34(23-40(35)47-42(30)31)29-15-8-11-20-38(29)46-39;1-17(2,3)13-8-9-16-14(10-13)11-4-6-12(15)7-5-11;/h5-16,18-26H,1-4H3;4,6-10H,1-3H3;/q2*-1;. The van der Waals surface area contributed by atoms with Gasteiger partial charge in [0, 0.05) is 54.0 Å². The number of para-hydroxylation sites is 3. The van der Waals surface area contributed by atoms with E-state index in [1.165, 1.54) is 45.3 Å². The molecule has 11 rings (SSSR count). The summed E-state index contributed by atoms with van der Waals surface area (Å²) >= 11 is 0. The Bertz CT molecular complexity index is 3480. The largest absolute Gasteiger partial charge is 0.501 e. The van der Waals surface area contributed by atoms with Crippen molar-refractivity contribution in [2.75, 3.05) is 0 Å². The second-order valence-electron chi connectivity index (χ2n) is 18.2. The summed E-state index contributed by atoms with van der Waals surface area (Å²) in [4.78, 5) is 9.62. The van der Waals surface area contributed by atoms with Gasteiger partial charge in [-0.2, -0.15) is 0 Å². The summed E-state index contributed by atoms with van der Waals surface area (Å²) < 4.78 is 28.2. The minimum Gasteiger partial charge on any atom is -0.501 e. The van der Waals surface area contributed by atoms with Gasteiger partial charge in [0.05, 0.1) is 30.5 Å². The Morgan fingerprint density at radius 2 is 1.31 bits per heavy atom. The van der Waals surface area contributed by atoms with Crippen LogP contribution in [0.1, 0.15) is 50.7 Å². The van der Waals surface area contributed by atoms with Crippen LogP contribution in [0.25, 0.3) is 94.4 Å². The third-order valence-corrected chi connectivity index (χ3v) is 14.2. The molecule has 65 heavy (non-hydrogen) atoms. The maximum atomic E-state index is 12.8. The van der Waals surface area contributed by atoms with Crippen molar-refractivity contribution < 1.29 is 33.3 Å². The number of nitrogens with zero attached hydrogens (tertiary/aromatic N) is 3. The van der Waals surface area contributed by atoms with Crippen molar-refractivity contribution in [1.82, 2.24) is 14.5 Å². The molecule has 0 bridgehead atoms. The minimum atomic E-state index is -1.34. The molecular weight excluding hydrogens is 998 g/mol. The summed E-state index contributed by atoms with van der Waals surface area (Å²) in [6.07, 6.45) is 1.82. The van der Waals surface area contributed by atoms with Crippen molar-refractivity contribution in [3.8, 4) is 39.5 Å². The molecule has 7 aromatic carbocycles. The van der Waals surface area contributed by atoms with Gasteiger partial charge in [-0.05, 0) is 88.3 Å². The molecule has 0 amide bonds. The Morgan fingerprint density at radius 1 is 0.631 bits per heavy atom. The Labute approximate surface area is 393 Å². The topological polar surface area (TPSA) is 57.0 Å². The predicted molar refractivity (Wildman–Crippen MR) is 265 cm³/mol. The molecule has 0 N–H and O–H groups in total. The Morgan fingerprint density at radius 3 is 2.02 bits per heavy atom. The van der Waals surface area contributed by atoms with Crippen molar-refractivity contribution in [3.63, 3.8) is 0 Å². The monoisotopic (exact) mass is 1050 g/mol. The SMILES string of the molecule is CC(C)c1cc(-c2ccccc2)cc(C(C)C)c1-n1c(-c2[c-]ccc3c2oc2cc4c(cc23)oc2ccccc24)nc2ccccc21.C[Si](C)(C)c1ccnc(-c2[c-]cc(F)cc2)c1.[Ir]. The van der Waals surface area contributed by atoms with E-state index in [0.717, 1.165) is 77.6 Å². The Hall–Kier alpha value is -6.44. The Balaban J connectivity index is 0.000000250. The van der Waals surface area contributed by atoms with Crippen LogP contribution < -0.4 is 5.19 Å². The first-order chi connectivity index (χ1) is 30.9. The zero-order chi connectivity index (χ0) is 44.3. The van der Waals surface area contributed by atoms with E-state index >= 15 is 0 Å². The molecule has 4 heterocycles. The maximum absolute atomic E-state index is 12.8. The molecule has 0 saturated carbocycles. The summed E-state index contributed by atoms with van der Waals surface area (Å²) in [6.45, 7) is 16.0. The fourth-order valence-corrected chi connectivity index (χ4v) is 9.91. The van der Waals surface area contributed by atoms with Crippen LogP contribution in [0.2, 0.25) is 19.6 Å². The molecule has 0 unspecified atom stereocenters. The molecule has 0 fully saturated rings. The molecule has 8 heteroatoms. The van der Waals surface area contributed by atoms with E-state index in [2.05, 4.69) is 172 Å². The van der Waals surface area contributed by atoms with Crippen molar-refractivity contribution in [2.24, 2.45) is 0 Å². The van der Waals surface area contributed by atoms with Gasteiger partial charge in [-0.25, -0.2) is 0 Å². The number of imidazole rings is 1. The van der Waals surface area contributed by atoms with Gasteiger partial charge in [0.25, 0.3) is 0 Å². The third kappa shape index (κ3) is 8.16. The van der Waals surface area contributed by atoms with Crippen LogP contribution in [-0.2, 0) is 20.1 Å². The van der Waals surface area contributed by atoms with Crippen molar-refractivity contribution in [1.29, 1.82) is 0 Å². The normalized spacial score (nSPS) is 11.8. The van der Waals surface area contributed by atoms with E-state index in [9.17, 15) is 4.39 Å². The van der Waals surface area contributed by atoms with Crippen LogP contribution in [0.4, 0.5) is 4.39 Å². The number of hydrogen-bond acceptors (Lipinski definition) is 4. The second-order valence-corrected chi connectivity index (χ2v) is 23.3. The van der Waals surface area contributed by atoms with Crippen LogP contribution >= 0.6 is 0 Å². The van der Waals surface area contributed by atoms with E-state index in [0.29, 0.717) is 0 Å². The van der Waals surface area contributed by atoms with Gasteiger partial charge in [0.1, 0.15) is 16.7 Å². The van der Waals surface area contributed by atoms with Gasteiger partial charge in [-0.1, -0.05) is 130 Å². The van der Waals surface area contributed by atoms with Crippen LogP contribution in [0.3, 0.4) is 0 Å². The molecule has 11 aromatic rings. The number of furan rings is 2. The van der Waals surface area contributed by atoms with Crippen molar-refractivity contribution in [2.45, 2.75) is 59.2 Å². The summed E-state index contributed by atoms with van der Waals surface area (Å²) in [5.74, 6) is 1.10. The first-order valence-electron chi connectivity index (χ1n) is 22.0. The first kappa shape index (κ1) is 43.8. The van der Waals surface area contributed by atoms with E-state index < -0.39 is 8.07 Å². The molecule has 4 aromatic heterocycles. The van der Waals surface area contributed by atoms with Gasteiger partial charge in [0.2, 0.25) is 0 Å². The number of hydrogen-bond donors (Lipinski definition) is 0. The van der Waals surface area contributed by atoms with Crippen LogP contribution in [-0.4, -0.2) is 22.6 Å². The number of rotatable bonds is 7. The third-order valence-electron chi connectivity index (χ3n) is 12.1. The number of benzene rings is 7. The van der Waals surface area contributed by atoms with Crippen LogP contribution in [0.15, 0.2) is 161 Å². The van der Waals surface area contributed by atoms with E-state index in [4.69, 9.17) is 13.8 Å². The van der Waals surface area contributed by atoms with Gasteiger partial charge in [0.15, 0.2) is 0 Å².